The second kappa shape index (κ2) is 7.26. The molecule has 0 radical (unpaired) electrons. The van der Waals surface area contributed by atoms with Gasteiger partial charge in [-0.1, -0.05) is 39.5 Å². The van der Waals surface area contributed by atoms with E-state index in [1.807, 2.05) is 0 Å². The molecule has 1 saturated carbocycles. The Morgan fingerprint density at radius 2 is 1.76 bits per heavy atom. The van der Waals surface area contributed by atoms with Gasteiger partial charge in [-0.2, -0.15) is 5.26 Å². The maximum atomic E-state index is 12.4. The van der Waals surface area contributed by atoms with E-state index in [2.05, 4.69) is 30.1 Å². The monoisotopic (exact) mass is 291 g/mol. The van der Waals surface area contributed by atoms with Gasteiger partial charge in [0.1, 0.15) is 5.54 Å². The van der Waals surface area contributed by atoms with Gasteiger partial charge in [-0.15, -0.1) is 0 Å². The molecular weight excluding hydrogens is 262 g/mol. The normalized spacial score (nSPS) is 30.1. The second-order valence-corrected chi connectivity index (χ2v) is 7.30. The average molecular weight is 291 g/mol. The van der Waals surface area contributed by atoms with Gasteiger partial charge in [0.15, 0.2) is 0 Å². The van der Waals surface area contributed by atoms with Gasteiger partial charge in [0, 0.05) is 13.1 Å². The van der Waals surface area contributed by atoms with Gasteiger partial charge in [-0.3, -0.25) is 9.69 Å². The van der Waals surface area contributed by atoms with E-state index < -0.39 is 5.54 Å². The lowest BCUT2D eigenvalue weighted by Gasteiger charge is -2.35. The molecule has 1 aliphatic heterocycles. The van der Waals surface area contributed by atoms with Crippen LogP contribution in [-0.4, -0.2) is 36.0 Å². The summed E-state index contributed by atoms with van der Waals surface area (Å²) in [4.78, 5) is 14.6. The van der Waals surface area contributed by atoms with Crippen LogP contribution in [0.3, 0.4) is 0 Å². The smallest absolute Gasteiger partial charge is 0.235 e. The Labute approximate surface area is 128 Å². The molecule has 2 rings (SSSR count). The predicted molar refractivity (Wildman–Crippen MR) is 83.6 cm³/mol. The number of nitrogens with one attached hydrogen (secondary N) is 1. The van der Waals surface area contributed by atoms with Crippen LogP contribution in [0.1, 0.15) is 58.8 Å². The summed E-state index contributed by atoms with van der Waals surface area (Å²) in [5, 5.41) is 12.6. The van der Waals surface area contributed by atoms with Crippen LogP contribution in [0.4, 0.5) is 0 Å². The van der Waals surface area contributed by atoms with E-state index in [1.165, 1.54) is 19.3 Å². The first-order chi connectivity index (χ1) is 10.0. The molecule has 2 fully saturated rings. The van der Waals surface area contributed by atoms with Crippen LogP contribution in [-0.2, 0) is 4.79 Å². The summed E-state index contributed by atoms with van der Waals surface area (Å²) in [7, 11) is 0. The molecule has 0 unspecified atom stereocenters. The minimum Gasteiger partial charge on any atom is -0.337 e. The quantitative estimate of drug-likeness (QED) is 0.813. The number of amides is 1. The maximum Gasteiger partial charge on any atom is 0.235 e. The van der Waals surface area contributed by atoms with Gasteiger partial charge >= 0.3 is 0 Å². The first kappa shape index (κ1) is 16.3. The van der Waals surface area contributed by atoms with Crippen molar-refractivity contribution in [1.82, 2.24) is 10.2 Å². The summed E-state index contributed by atoms with van der Waals surface area (Å²) >= 11 is 0. The number of likely N-dealkylation sites (tertiary alicyclic amines) is 1. The Morgan fingerprint density at radius 1 is 1.19 bits per heavy atom. The Balaban J connectivity index is 1.89. The third-order valence-electron chi connectivity index (χ3n) is 4.86. The first-order valence-corrected chi connectivity index (χ1v) is 8.47. The fourth-order valence-electron chi connectivity index (χ4n) is 4.03. The lowest BCUT2D eigenvalue weighted by Crippen LogP contribution is -2.52. The molecule has 1 aliphatic carbocycles. The zero-order chi connectivity index (χ0) is 15.3. The van der Waals surface area contributed by atoms with Crippen molar-refractivity contribution in [2.45, 2.75) is 64.3 Å². The van der Waals surface area contributed by atoms with Crippen LogP contribution in [0.25, 0.3) is 0 Å². The fourth-order valence-corrected chi connectivity index (χ4v) is 4.03. The molecule has 118 valence electrons. The molecule has 0 aromatic heterocycles. The highest BCUT2D eigenvalue weighted by molar-refractivity contribution is 5.79. The van der Waals surface area contributed by atoms with Crippen molar-refractivity contribution in [3.8, 4) is 6.07 Å². The third kappa shape index (κ3) is 4.71. The summed E-state index contributed by atoms with van der Waals surface area (Å²) in [5.74, 6) is 1.34. The maximum absolute atomic E-state index is 12.4. The van der Waals surface area contributed by atoms with E-state index >= 15 is 0 Å². The number of carbonyl (C=O) groups is 1. The topological polar surface area (TPSA) is 56.1 Å². The SMILES string of the molecule is C[C@@H]1C[C@@H](C)CN(CC(=O)NC2(C#N)CCCCCC2)C1. The molecule has 4 heteroatoms. The van der Waals surface area contributed by atoms with Crippen LogP contribution in [0.2, 0.25) is 0 Å². The van der Waals surface area contributed by atoms with Crippen molar-refractivity contribution in [1.29, 1.82) is 5.26 Å². The van der Waals surface area contributed by atoms with Crippen molar-refractivity contribution in [2.24, 2.45) is 11.8 Å². The number of nitriles is 1. The molecule has 2 atom stereocenters. The lowest BCUT2D eigenvalue weighted by atomic mass is 9.91. The number of nitrogens with zero attached hydrogens (tertiary/aromatic N) is 2. The van der Waals surface area contributed by atoms with Crippen LogP contribution in [0.5, 0.6) is 0 Å². The highest BCUT2D eigenvalue weighted by Crippen LogP contribution is 2.27. The molecule has 0 spiro atoms. The second-order valence-electron chi connectivity index (χ2n) is 7.30. The molecule has 4 nitrogen and oxygen atoms in total. The van der Waals surface area contributed by atoms with E-state index in [1.54, 1.807) is 0 Å². The largest absolute Gasteiger partial charge is 0.337 e. The van der Waals surface area contributed by atoms with E-state index in [0.29, 0.717) is 18.4 Å². The standard InChI is InChI=1S/C17H29N3O/c1-14-9-15(2)11-20(10-14)12-16(21)19-17(13-18)7-5-3-4-6-8-17/h14-15H,3-12H2,1-2H3,(H,19,21)/t14-,15-/m1/s1. The summed E-state index contributed by atoms with van der Waals surface area (Å²) in [6.07, 6.45) is 7.32. The first-order valence-electron chi connectivity index (χ1n) is 8.47. The molecule has 21 heavy (non-hydrogen) atoms. The molecule has 1 N–H and O–H groups in total. The molecule has 1 amide bonds. The number of carbonyl (C=O) groups excluding carboxylic acids is 1. The fraction of sp³-hybridized carbons (Fsp3) is 0.882. The van der Waals surface area contributed by atoms with Gasteiger partial charge in [0.25, 0.3) is 0 Å². The Morgan fingerprint density at radius 3 is 2.29 bits per heavy atom. The van der Waals surface area contributed by atoms with Gasteiger partial charge in [0.2, 0.25) is 5.91 Å². The third-order valence-corrected chi connectivity index (χ3v) is 4.86. The van der Waals surface area contributed by atoms with E-state index in [-0.39, 0.29) is 5.91 Å². The summed E-state index contributed by atoms with van der Waals surface area (Å²) in [6.45, 7) is 6.94. The highest BCUT2D eigenvalue weighted by atomic mass is 16.2. The minimum absolute atomic E-state index is 0.0275. The Hall–Kier alpha value is -1.08. The van der Waals surface area contributed by atoms with Crippen molar-refractivity contribution in [3.05, 3.63) is 0 Å². The van der Waals surface area contributed by atoms with Crippen LogP contribution in [0, 0.1) is 23.2 Å². The van der Waals surface area contributed by atoms with E-state index in [4.69, 9.17) is 0 Å². The van der Waals surface area contributed by atoms with E-state index in [9.17, 15) is 10.1 Å². The molecule has 0 bridgehead atoms. The van der Waals surface area contributed by atoms with Crippen molar-refractivity contribution in [2.75, 3.05) is 19.6 Å². The van der Waals surface area contributed by atoms with Gasteiger partial charge in [0.05, 0.1) is 12.6 Å². The number of rotatable bonds is 3. The van der Waals surface area contributed by atoms with Crippen LogP contribution >= 0.6 is 0 Å². The van der Waals surface area contributed by atoms with E-state index in [0.717, 1.165) is 38.8 Å². The number of hydrogen-bond donors (Lipinski definition) is 1. The van der Waals surface area contributed by atoms with Crippen molar-refractivity contribution < 1.29 is 4.79 Å². The molecular formula is C17H29N3O. The zero-order valence-corrected chi connectivity index (χ0v) is 13.5. The summed E-state index contributed by atoms with van der Waals surface area (Å²) < 4.78 is 0. The molecule has 0 aromatic rings. The predicted octanol–water partition coefficient (Wildman–Crippen LogP) is 2.70. The minimum atomic E-state index is -0.611. The average Bonchev–Trinajstić information content (AvgIpc) is 2.63. The zero-order valence-electron chi connectivity index (χ0n) is 13.5. The highest BCUT2D eigenvalue weighted by Gasteiger charge is 2.33. The molecule has 1 heterocycles. The summed E-state index contributed by atoms with van der Waals surface area (Å²) in [6, 6.07) is 2.39. The molecule has 0 aromatic carbocycles. The van der Waals surface area contributed by atoms with Crippen molar-refractivity contribution >= 4 is 5.91 Å². The molecule has 1 saturated heterocycles. The van der Waals surface area contributed by atoms with Gasteiger partial charge < -0.3 is 5.32 Å². The van der Waals surface area contributed by atoms with Crippen LogP contribution < -0.4 is 5.32 Å². The lowest BCUT2D eigenvalue weighted by molar-refractivity contribution is -0.124. The van der Waals surface area contributed by atoms with Gasteiger partial charge in [-0.05, 0) is 31.1 Å². The Kier molecular flexibility index (Phi) is 5.64. The van der Waals surface area contributed by atoms with Gasteiger partial charge in [-0.25, -0.2) is 0 Å². The molecule has 2 aliphatic rings. The number of hydrogen-bond acceptors (Lipinski definition) is 3. The number of piperidine rings is 1. The van der Waals surface area contributed by atoms with Crippen LogP contribution in [0.15, 0.2) is 0 Å². The van der Waals surface area contributed by atoms with Crippen molar-refractivity contribution in [3.63, 3.8) is 0 Å². The summed E-state index contributed by atoms with van der Waals surface area (Å²) in [5.41, 5.74) is -0.611. The Bertz CT molecular complexity index is 383.